The lowest BCUT2D eigenvalue weighted by Gasteiger charge is -2.02. The first-order valence-corrected chi connectivity index (χ1v) is 8.31. The van der Waals surface area contributed by atoms with Crippen molar-refractivity contribution in [2.75, 3.05) is 5.32 Å². The third-order valence-corrected chi connectivity index (χ3v) is 4.49. The van der Waals surface area contributed by atoms with Crippen LogP contribution < -0.4 is 5.32 Å². The number of hydrogen-bond donors (Lipinski definition) is 1. The fraction of sp³-hybridized carbons (Fsp3) is 0.0625. The van der Waals surface area contributed by atoms with Crippen LogP contribution >= 0.6 is 11.3 Å². The zero-order valence-corrected chi connectivity index (χ0v) is 13.7. The van der Waals surface area contributed by atoms with E-state index in [0.29, 0.717) is 18.0 Å². The normalized spacial score (nSPS) is 10.9. The first kappa shape index (κ1) is 15.2. The van der Waals surface area contributed by atoms with Gasteiger partial charge in [-0.05, 0) is 11.0 Å². The van der Waals surface area contributed by atoms with Gasteiger partial charge in [-0.2, -0.15) is 0 Å². The molecule has 0 spiro atoms. The van der Waals surface area contributed by atoms with Gasteiger partial charge in [0.15, 0.2) is 5.82 Å². The minimum absolute atomic E-state index is 0.168. The van der Waals surface area contributed by atoms with E-state index >= 15 is 0 Å². The van der Waals surface area contributed by atoms with Crippen molar-refractivity contribution < 1.29 is 4.92 Å². The van der Waals surface area contributed by atoms with Gasteiger partial charge in [-0.25, -0.2) is 9.97 Å². The Kier molecular flexibility index (Phi) is 3.82. The molecule has 9 heteroatoms. The number of fused-ring (bicyclic) bond motifs is 1. The highest BCUT2D eigenvalue weighted by atomic mass is 32.1. The van der Waals surface area contributed by atoms with E-state index in [0.717, 1.165) is 16.3 Å². The van der Waals surface area contributed by atoms with E-state index in [-0.39, 0.29) is 5.82 Å². The van der Waals surface area contributed by atoms with Crippen LogP contribution in [0.3, 0.4) is 0 Å². The molecule has 0 saturated carbocycles. The second-order valence-electron chi connectivity index (χ2n) is 5.23. The maximum Gasteiger partial charge on any atom is 0.368 e. The van der Waals surface area contributed by atoms with E-state index in [1.807, 2.05) is 35.7 Å². The minimum Gasteiger partial charge on any atom is -0.361 e. The monoisotopic (exact) mass is 352 g/mol. The lowest BCUT2D eigenvalue weighted by Crippen LogP contribution is -2.05. The molecule has 1 aromatic carbocycles. The van der Waals surface area contributed by atoms with E-state index in [9.17, 15) is 10.1 Å². The Morgan fingerprint density at radius 3 is 2.84 bits per heavy atom. The summed E-state index contributed by atoms with van der Waals surface area (Å²) in [5.41, 5.74) is 2.38. The first-order chi connectivity index (χ1) is 12.2. The average molecular weight is 352 g/mol. The van der Waals surface area contributed by atoms with Crippen LogP contribution in [0.1, 0.15) is 5.69 Å². The summed E-state index contributed by atoms with van der Waals surface area (Å²) < 4.78 is 1.21. The molecule has 0 amide bonds. The summed E-state index contributed by atoms with van der Waals surface area (Å²) in [5.74, 6) is 0.349. The van der Waals surface area contributed by atoms with Crippen LogP contribution in [-0.4, -0.2) is 24.5 Å². The number of aromatic nitrogens is 4. The van der Waals surface area contributed by atoms with E-state index in [2.05, 4.69) is 20.4 Å². The lowest BCUT2D eigenvalue weighted by atomic mass is 10.2. The number of nitrogens with one attached hydrogen (secondary N) is 1. The number of thiazole rings is 1. The third-order valence-electron chi connectivity index (χ3n) is 3.55. The van der Waals surface area contributed by atoms with Crippen molar-refractivity contribution in [1.82, 2.24) is 19.6 Å². The van der Waals surface area contributed by atoms with Crippen LogP contribution in [-0.2, 0) is 6.54 Å². The maximum atomic E-state index is 11.0. The van der Waals surface area contributed by atoms with Crippen LogP contribution in [0.15, 0.2) is 54.0 Å². The lowest BCUT2D eigenvalue weighted by molar-refractivity contribution is -0.391. The third kappa shape index (κ3) is 3.04. The Bertz CT molecular complexity index is 1040. The molecule has 0 bridgehead atoms. The predicted octanol–water partition coefficient (Wildman–Crippen LogP) is 3.37. The van der Waals surface area contributed by atoms with Crippen molar-refractivity contribution in [1.29, 1.82) is 0 Å². The smallest absolute Gasteiger partial charge is 0.361 e. The van der Waals surface area contributed by atoms with Gasteiger partial charge in [-0.15, -0.1) is 11.3 Å². The second-order valence-corrected chi connectivity index (χ2v) is 6.08. The highest BCUT2D eigenvalue weighted by molar-refractivity contribution is 7.13. The van der Waals surface area contributed by atoms with Crippen LogP contribution in [0.5, 0.6) is 0 Å². The number of hydrogen-bond acceptors (Lipinski definition) is 7. The molecule has 3 aromatic heterocycles. The molecule has 3 heterocycles. The van der Waals surface area contributed by atoms with Gasteiger partial charge in [0.1, 0.15) is 11.2 Å². The number of benzene rings is 1. The quantitative estimate of drug-likeness (QED) is 0.437. The summed E-state index contributed by atoms with van der Waals surface area (Å²) in [6.45, 7) is 0.477. The van der Waals surface area contributed by atoms with Crippen molar-refractivity contribution in [2.24, 2.45) is 0 Å². The Morgan fingerprint density at radius 2 is 2.04 bits per heavy atom. The largest absolute Gasteiger partial charge is 0.368 e. The van der Waals surface area contributed by atoms with E-state index < -0.39 is 4.92 Å². The highest BCUT2D eigenvalue weighted by Crippen LogP contribution is 2.23. The maximum absolute atomic E-state index is 11.0. The highest BCUT2D eigenvalue weighted by Gasteiger charge is 2.16. The van der Waals surface area contributed by atoms with E-state index in [1.54, 1.807) is 23.5 Å². The predicted molar refractivity (Wildman–Crippen MR) is 94.5 cm³/mol. The molecule has 4 aromatic rings. The summed E-state index contributed by atoms with van der Waals surface area (Å²) in [7, 11) is 0. The van der Waals surface area contributed by atoms with Crippen molar-refractivity contribution >= 4 is 28.6 Å². The molecule has 25 heavy (non-hydrogen) atoms. The average Bonchev–Trinajstić information content (AvgIpc) is 3.27. The Labute approximate surface area is 145 Å². The molecule has 0 fully saturated rings. The summed E-state index contributed by atoms with van der Waals surface area (Å²) in [6, 6.07) is 13.4. The Morgan fingerprint density at radius 1 is 1.20 bits per heavy atom. The number of anilines is 1. The van der Waals surface area contributed by atoms with Gasteiger partial charge in [-0.1, -0.05) is 39.9 Å². The molecule has 0 radical (unpaired) electrons. The summed E-state index contributed by atoms with van der Waals surface area (Å²) in [4.78, 5) is 19.0. The van der Waals surface area contributed by atoms with E-state index in [4.69, 9.17) is 0 Å². The zero-order chi connectivity index (χ0) is 17.2. The molecular formula is C16H12N6O2S. The number of imidazole rings is 1. The number of nitrogens with zero attached hydrogens (tertiary/aromatic N) is 5. The van der Waals surface area contributed by atoms with Crippen molar-refractivity contribution in [3.8, 4) is 10.6 Å². The second kappa shape index (κ2) is 6.29. The van der Waals surface area contributed by atoms with Crippen LogP contribution in [0.4, 0.5) is 11.6 Å². The van der Waals surface area contributed by atoms with Gasteiger partial charge in [-0.3, -0.25) is 0 Å². The fourth-order valence-electron chi connectivity index (χ4n) is 2.36. The summed E-state index contributed by atoms with van der Waals surface area (Å²) >= 11 is 1.57. The molecule has 0 aliphatic carbocycles. The van der Waals surface area contributed by atoms with Crippen molar-refractivity contribution in [3.63, 3.8) is 0 Å². The van der Waals surface area contributed by atoms with Crippen LogP contribution in [0.2, 0.25) is 0 Å². The molecule has 4 rings (SSSR count). The zero-order valence-electron chi connectivity index (χ0n) is 12.9. The molecule has 8 nitrogen and oxygen atoms in total. The van der Waals surface area contributed by atoms with Crippen molar-refractivity contribution in [2.45, 2.75) is 6.54 Å². The van der Waals surface area contributed by atoms with Gasteiger partial charge < -0.3 is 15.4 Å². The first-order valence-electron chi connectivity index (χ1n) is 7.43. The summed E-state index contributed by atoms with van der Waals surface area (Å²) in [5, 5.41) is 21.3. The number of nitro groups is 1. The fourth-order valence-corrected chi connectivity index (χ4v) is 3.19. The van der Waals surface area contributed by atoms with Crippen LogP contribution in [0.25, 0.3) is 16.2 Å². The van der Waals surface area contributed by atoms with Gasteiger partial charge in [0.25, 0.3) is 0 Å². The molecule has 0 aliphatic heterocycles. The van der Waals surface area contributed by atoms with Crippen molar-refractivity contribution in [3.05, 3.63) is 69.8 Å². The van der Waals surface area contributed by atoms with Gasteiger partial charge in [0.2, 0.25) is 5.65 Å². The van der Waals surface area contributed by atoms with Gasteiger partial charge in [0, 0.05) is 17.0 Å². The molecule has 0 saturated heterocycles. The Balaban J connectivity index is 1.52. The molecule has 1 N–H and O–H groups in total. The number of rotatable bonds is 5. The molecule has 0 atom stereocenters. The molecule has 124 valence electrons. The SMILES string of the molecule is O=[N+]([O-])c1cnc2ccc(NCc3csc(-c4ccccc4)n3)nn12. The van der Waals surface area contributed by atoms with Gasteiger partial charge in [0.05, 0.1) is 12.2 Å². The van der Waals surface area contributed by atoms with Gasteiger partial charge >= 0.3 is 5.82 Å². The minimum atomic E-state index is -0.511. The standard InChI is InChI=1S/C16H12N6O2S/c23-22(24)15-9-18-14-7-6-13(20-21(14)15)17-8-12-10-25-16(19-12)11-4-2-1-3-5-11/h1-7,9-10H,8H2,(H,17,20). The molecule has 0 unspecified atom stereocenters. The van der Waals surface area contributed by atoms with E-state index in [1.165, 1.54) is 10.7 Å². The molecular weight excluding hydrogens is 340 g/mol. The topological polar surface area (TPSA) is 98.2 Å². The molecule has 0 aliphatic rings. The summed E-state index contributed by atoms with van der Waals surface area (Å²) in [6.07, 6.45) is 1.19. The Hall–Kier alpha value is -3.33. The van der Waals surface area contributed by atoms with Crippen LogP contribution in [0, 0.1) is 10.1 Å².